The number of sulfonamides is 1. The Hall–Kier alpha value is -2.79. The summed E-state index contributed by atoms with van der Waals surface area (Å²) in [5.41, 5.74) is 3.14. The first-order valence-electron chi connectivity index (χ1n) is 8.16. The van der Waals surface area contributed by atoms with Crippen molar-refractivity contribution in [1.82, 2.24) is 5.43 Å². The molecule has 2 aromatic carbocycles. The van der Waals surface area contributed by atoms with Crippen LogP contribution < -0.4 is 19.2 Å². The van der Waals surface area contributed by atoms with Gasteiger partial charge in [0.2, 0.25) is 10.0 Å². The molecule has 0 radical (unpaired) electrons. The number of phenols is 1. The number of benzene rings is 2. The van der Waals surface area contributed by atoms with Crippen molar-refractivity contribution in [3.8, 4) is 17.2 Å². The Morgan fingerprint density at radius 3 is 2.45 bits per heavy atom. The Balaban J connectivity index is 2.10. The molecule has 0 heterocycles. The van der Waals surface area contributed by atoms with Gasteiger partial charge in [0.05, 0.1) is 36.9 Å². The van der Waals surface area contributed by atoms with Gasteiger partial charge in [-0.25, -0.2) is 13.8 Å². The standard InChI is InChI=1S/C18H20BrN3O6S/c1-27-14-6-4-13(5-7-14)22(29(3,25)26)11-17(23)21-20-10-12-8-15(19)18(24)16(9-12)28-2/h4-10,24H,11H2,1-3H3,(H,21,23)/b20-10-. The van der Waals surface area contributed by atoms with E-state index in [1.165, 1.54) is 38.6 Å². The van der Waals surface area contributed by atoms with Gasteiger partial charge in [-0.1, -0.05) is 0 Å². The molecule has 0 aliphatic heterocycles. The van der Waals surface area contributed by atoms with Crippen molar-refractivity contribution in [2.45, 2.75) is 0 Å². The molecule has 0 unspecified atom stereocenters. The number of hydrazone groups is 1. The maximum atomic E-state index is 12.2. The number of hydrogen-bond acceptors (Lipinski definition) is 7. The summed E-state index contributed by atoms with van der Waals surface area (Å²) >= 11 is 3.19. The molecule has 29 heavy (non-hydrogen) atoms. The largest absolute Gasteiger partial charge is 0.503 e. The normalized spacial score (nSPS) is 11.3. The number of carbonyl (C=O) groups excluding carboxylic acids is 1. The fourth-order valence-electron chi connectivity index (χ4n) is 2.32. The van der Waals surface area contributed by atoms with Crippen molar-refractivity contribution in [2.75, 3.05) is 31.3 Å². The second-order valence-electron chi connectivity index (χ2n) is 5.81. The third-order valence-corrected chi connectivity index (χ3v) is 5.47. The molecule has 0 aromatic heterocycles. The number of halogens is 1. The Bertz CT molecular complexity index is 1010. The minimum atomic E-state index is -3.70. The van der Waals surface area contributed by atoms with Crippen LogP contribution in [0.3, 0.4) is 0 Å². The maximum absolute atomic E-state index is 12.2. The Morgan fingerprint density at radius 2 is 1.90 bits per heavy atom. The minimum absolute atomic E-state index is 0.0584. The molecule has 0 atom stereocenters. The number of nitrogens with one attached hydrogen (secondary N) is 1. The van der Waals surface area contributed by atoms with E-state index >= 15 is 0 Å². The number of methoxy groups -OCH3 is 2. The second kappa shape index (κ2) is 9.61. The monoisotopic (exact) mass is 485 g/mol. The van der Waals surface area contributed by atoms with E-state index in [4.69, 9.17) is 9.47 Å². The van der Waals surface area contributed by atoms with Gasteiger partial charge in [-0.05, 0) is 57.9 Å². The Labute approximate surface area is 177 Å². The summed E-state index contributed by atoms with van der Waals surface area (Å²) in [5, 5.41) is 13.6. The fraction of sp³-hybridized carbons (Fsp3) is 0.222. The first-order chi connectivity index (χ1) is 13.7. The number of ether oxygens (including phenoxy) is 2. The van der Waals surface area contributed by atoms with E-state index in [1.54, 1.807) is 18.2 Å². The van der Waals surface area contributed by atoms with Crippen LogP contribution in [0, 0.1) is 0 Å². The van der Waals surface area contributed by atoms with E-state index in [0.29, 0.717) is 21.5 Å². The van der Waals surface area contributed by atoms with Crippen LogP contribution >= 0.6 is 15.9 Å². The van der Waals surface area contributed by atoms with Gasteiger partial charge < -0.3 is 14.6 Å². The van der Waals surface area contributed by atoms with Gasteiger partial charge >= 0.3 is 0 Å². The zero-order chi connectivity index (χ0) is 21.6. The molecule has 0 saturated heterocycles. The van der Waals surface area contributed by atoms with Crippen LogP contribution in [0.15, 0.2) is 46.0 Å². The maximum Gasteiger partial charge on any atom is 0.260 e. The molecule has 0 fully saturated rings. The number of carbonyl (C=O) groups is 1. The number of rotatable bonds is 8. The smallest absolute Gasteiger partial charge is 0.260 e. The van der Waals surface area contributed by atoms with E-state index in [0.717, 1.165) is 10.6 Å². The summed E-state index contributed by atoms with van der Waals surface area (Å²) < 4.78 is 35.6. The third kappa shape index (κ3) is 6.09. The number of phenolic OH excluding ortho intramolecular Hbond substituents is 1. The minimum Gasteiger partial charge on any atom is -0.503 e. The van der Waals surface area contributed by atoms with Gasteiger partial charge in [0.25, 0.3) is 5.91 Å². The highest BCUT2D eigenvalue weighted by atomic mass is 79.9. The lowest BCUT2D eigenvalue weighted by molar-refractivity contribution is -0.119. The van der Waals surface area contributed by atoms with E-state index in [-0.39, 0.29) is 11.5 Å². The summed E-state index contributed by atoms with van der Waals surface area (Å²) in [4.78, 5) is 12.2. The lowest BCUT2D eigenvalue weighted by atomic mass is 10.2. The average molecular weight is 486 g/mol. The number of amides is 1. The number of aromatic hydroxyl groups is 1. The van der Waals surface area contributed by atoms with Gasteiger partial charge in [0.1, 0.15) is 12.3 Å². The molecular weight excluding hydrogens is 466 g/mol. The molecule has 9 nitrogen and oxygen atoms in total. The SMILES string of the molecule is COc1ccc(N(CC(=O)N/N=C\c2cc(Br)c(O)c(OC)c2)S(C)(=O)=O)cc1. The van der Waals surface area contributed by atoms with E-state index < -0.39 is 22.5 Å². The summed E-state index contributed by atoms with van der Waals surface area (Å²) in [6.07, 6.45) is 2.34. The number of anilines is 1. The van der Waals surface area contributed by atoms with Crippen molar-refractivity contribution < 1.29 is 27.8 Å². The molecule has 0 bridgehead atoms. The lowest BCUT2D eigenvalue weighted by Gasteiger charge is -2.21. The zero-order valence-electron chi connectivity index (χ0n) is 15.9. The molecule has 2 N–H and O–H groups in total. The molecule has 1 amide bonds. The number of nitrogens with zero attached hydrogens (tertiary/aromatic N) is 2. The molecule has 156 valence electrons. The van der Waals surface area contributed by atoms with Crippen LogP contribution in [0.4, 0.5) is 5.69 Å². The first kappa shape index (κ1) is 22.5. The molecule has 11 heteroatoms. The van der Waals surface area contributed by atoms with Gasteiger partial charge in [0.15, 0.2) is 11.5 Å². The third-order valence-electron chi connectivity index (χ3n) is 3.72. The molecule has 0 spiro atoms. The zero-order valence-corrected chi connectivity index (χ0v) is 18.3. The molecule has 2 rings (SSSR count). The molecule has 0 aliphatic rings. The predicted molar refractivity (Wildman–Crippen MR) is 113 cm³/mol. The van der Waals surface area contributed by atoms with E-state index in [2.05, 4.69) is 26.5 Å². The molecule has 2 aromatic rings. The highest BCUT2D eigenvalue weighted by Gasteiger charge is 2.20. The van der Waals surface area contributed by atoms with Crippen molar-refractivity contribution >= 4 is 43.8 Å². The average Bonchev–Trinajstić information content (AvgIpc) is 2.68. The quantitative estimate of drug-likeness (QED) is 0.436. The lowest BCUT2D eigenvalue weighted by Crippen LogP contribution is -2.39. The topological polar surface area (TPSA) is 118 Å². The van der Waals surface area contributed by atoms with Crippen LogP contribution in [-0.4, -0.2) is 52.7 Å². The van der Waals surface area contributed by atoms with Crippen LogP contribution in [0.2, 0.25) is 0 Å². The first-order valence-corrected chi connectivity index (χ1v) is 10.8. The fourth-order valence-corrected chi connectivity index (χ4v) is 3.63. The van der Waals surface area contributed by atoms with Crippen molar-refractivity contribution in [3.63, 3.8) is 0 Å². The van der Waals surface area contributed by atoms with Gasteiger partial charge in [-0.15, -0.1) is 0 Å². The second-order valence-corrected chi connectivity index (χ2v) is 8.58. The highest BCUT2D eigenvalue weighted by Crippen LogP contribution is 2.34. The van der Waals surface area contributed by atoms with Crippen molar-refractivity contribution in [3.05, 3.63) is 46.4 Å². The van der Waals surface area contributed by atoms with E-state index in [9.17, 15) is 18.3 Å². The Kier molecular flexibility index (Phi) is 7.46. The highest BCUT2D eigenvalue weighted by molar-refractivity contribution is 9.10. The van der Waals surface area contributed by atoms with Crippen LogP contribution in [0.25, 0.3) is 0 Å². The molecular formula is C18H20BrN3O6S. The molecule has 0 saturated carbocycles. The van der Waals surface area contributed by atoms with Crippen LogP contribution in [0.1, 0.15) is 5.56 Å². The van der Waals surface area contributed by atoms with Gasteiger partial charge in [0, 0.05) is 0 Å². The van der Waals surface area contributed by atoms with Crippen LogP contribution in [0.5, 0.6) is 17.2 Å². The van der Waals surface area contributed by atoms with Crippen molar-refractivity contribution in [2.24, 2.45) is 5.10 Å². The van der Waals surface area contributed by atoms with Gasteiger partial charge in [-0.3, -0.25) is 9.10 Å². The van der Waals surface area contributed by atoms with E-state index in [1.807, 2.05) is 0 Å². The summed E-state index contributed by atoms with van der Waals surface area (Å²) in [5.74, 6) is 0.103. The summed E-state index contributed by atoms with van der Waals surface area (Å²) in [6, 6.07) is 9.37. The summed E-state index contributed by atoms with van der Waals surface area (Å²) in [7, 11) is -0.797. The Morgan fingerprint density at radius 1 is 1.24 bits per heavy atom. The van der Waals surface area contributed by atoms with Gasteiger partial charge in [-0.2, -0.15) is 5.10 Å². The molecule has 0 aliphatic carbocycles. The van der Waals surface area contributed by atoms with Crippen molar-refractivity contribution in [1.29, 1.82) is 0 Å². The predicted octanol–water partition coefficient (Wildman–Crippen LogP) is 2.09. The number of hydrogen-bond donors (Lipinski definition) is 2. The summed E-state index contributed by atoms with van der Waals surface area (Å²) in [6.45, 7) is -0.453. The van der Waals surface area contributed by atoms with Crippen LogP contribution in [-0.2, 0) is 14.8 Å².